The number of hydrogen-bond donors (Lipinski definition) is 1. The van der Waals surface area contributed by atoms with E-state index in [-0.39, 0.29) is 22.2 Å². The lowest BCUT2D eigenvalue weighted by molar-refractivity contribution is -0.384. The summed E-state index contributed by atoms with van der Waals surface area (Å²) < 4.78 is 5.30. The quantitative estimate of drug-likeness (QED) is 0.684. The third-order valence-electron chi connectivity index (χ3n) is 2.69. The molecule has 0 aliphatic heterocycles. The van der Waals surface area contributed by atoms with Crippen LogP contribution in [0, 0.1) is 17.0 Å². The van der Waals surface area contributed by atoms with Crippen LogP contribution in [0.2, 0.25) is 10.0 Å². The van der Waals surface area contributed by atoms with Gasteiger partial charge in [0.15, 0.2) is 0 Å². The average molecular weight is 329 g/mol. The van der Waals surface area contributed by atoms with Gasteiger partial charge in [0.1, 0.15) is 16.5 Å². The van der Waals surface area contributed by atoms with Crippen LogP contribution in [-0.2, 0) is 6.54 Å². The van der Waals surface area contributed by atoms with Crippen LogP contribution in [0.25, 0.3) is 0 Å². The second kappa shape index (κ2) is 6.15. The van der Waals surface area contributed by atoms with Crippen molar-refractivity contribution in [3.8, 4) is 0 Å². The number of nitro benzene ring substituents is 1. The van der Waals surface area contributed by atoms with Crippen molar-refractivity contribution >= 4 is 34.8 Å². The van der Waals surface area contributed by atoms with E-state index < -0.39 is 16.5 Å². The Morgan fingerprint density at radius 3 is 2.67 bits per heavy atom. The van der Waals surface area contributed by atoms with Gasteiger partial charge in [0.05, 0.1) is 16.5 Å². The molecule has 1 aromatic heterocycles. The van der Waals surface area contributed by atoms with Gasteiger partial charge in [-0.1, -0.05) is 23.2 Å². The summed E-state index contributed by atoms with van der Waals surface area (Å²) in [5.74, 6) is 0.797. The van der Waals surface area contributed by atoms with E-state index in [1.54, 1.807) is 19.1 Å². The van der Waals surface area contributed by atoms with Gasteiger partial charge in [-0.3, -0.25) is 14.9 Å². The van der Waals surface area contributed by atoms with E-state index in [1.807, 2.05) is 0 Å². The van der Waals surface area contributed by atoms with Crippen molar-refractivity contribution in [2.75, 3.05) is 0 Å². The van der Waals surface area contributed by atoms with Crippen molar-refractivity contribution in [2.24, 2.45) is 0 Å². The van der Waals surface area contributed by atoms with Gasteiger partial charge in [-0.2, -0.15) is 0 Å². The zero-order valence-electron chi connectivity index (χ0n) is 10.9. The molecule has 8 heteroatoms. The minimum atomic E-state index is -0.694. The fraction of sp³-hybridized carbons (Fsp3) is 0.154. The monoisotopic (exact) mass is 328 g/mol. The third-order valence-corrected chi connectivity index (χ3v) is 3.48. The summed E-state index contributed by atoms with van der Waals surface area (Å²) >= 11 is 11.5. The fourth-order valence-electron chi connectivity index (χ4n) is 1.69. The van der Waals surface area contributed by atoms with E-state index in [0.717, 1.165) is 11.8 Å². The highest BCUT2D eigenvalue weighted by molar-refractivity contribution is 6.43. The molecule has 0 saturated heterocycles. The van der Waals surface area contributed by atoms with Crippen molar-refractivity contribution in [1.29, 1.82) is 0 Å². The molecule has 21 heavy (non-hydrogen) atoms. The van der Waals surface area contributed by atoms with Gasteiger partial charge in [-0.05, 0) is 25.1 Å². The highest BCUT2D eigenvalue weighted by atomic mass is 35.5. The zero-order valence-corrected chi connectivity index (χ0v) is 12.4. The first-order valence-corrected chi connectivity index (χ1v) is 6.61. The zero-order chi connectivity index (χ0) is 15.6. The highest BCUT2D eigenvalue weighted by Crippen LogP contribution is 2.33. The molecule has 2 rings (SSSR count). The predicted molar refractivity (Wildman–Crippen MR) is 77.7 cm³/mol. The lowest BCUT2D eigenvalue weighted by atomic mass is 10.2. The minimum absolute atomic E-state index is 0.0511. The SMILES string of the molecule is Cc1ccc(CNC(=O)c2cc(Cl)c(Cl)c([N+](=O)[O-])c2)o1. The number of carbonyl (C=O) groups is 1. The molecule has 0 unspecified atom stereocenters. The van der Waals surface area contributed by atoms with Gasteiger partial charge in [0.25, 0.3) is 11.6 Å². The number of benzene rings is 1. The maximum Gasteiger partial charge on any atom is 0.290 e. The number of rotatable bonds is 4. The summed E-state index contributed by atoms with van der Waals surface area (Å²) in [5.41, 5.74) is -0.359. The van der Waals surface area contributed by atoms with Crippen LogP contribution in [0.4, 0.5) is 5.69 Å². The number of nitrogens with one attached hydrogen (secondary N) is 1. The van der Waals surface area contributed by atoms with Crippen molar-refractivity contribution in [2.45, 2.75) is 13.5 Å². The van der Waals surface area contributed by atoms with Crippen LogP contribution in [0.15, 0.2) is 28.7 Å². The Labute approximate surface area is 129 Å². The van der Waals surface area contributed by atoms with E-state index in [0.29, 0.717) is 5.76 Å². The van der Waals surface area contributed by atoms with Gasteiger partial charge in [0.2, 0.25) is 0 Å². The summed E-state index contributed by atoms with van der Waals surface area (Å²) in [7, 11) is 0. The smallest absolute Gasteiger partial charge is 0.290 e. The Kier molecular flexibility index (Phi) is 4.50. The normalized spacial score (nSPS) is 10.4. The van der Waals surface area contributed by atoms with Crippen molar-refractivity contribution < 1.29 is 14.1 Å². The fourth-order valence-corrected chi connectivity index (χ4v) is 2.08. The number of aryl methyl sites for hydroxylation is 1. The number of halogens is 2. The van der Waals surface area contributed by atoms with Gasteiger partial charge in [-0.25, -0.2) is 0 Å². The number of carbonyl (C=O) groups excluding carboxylic acids is 1. The Morgan fingerprint density at radius 1 is 1.38 bits per heavy atom. The molecular formula is C13H10Cl2N2O4. The molecule has 2 aromatic rings. The van der Waals surface area contributed by atoms with E-state index in [1.165, 1.54) is 6.07 Å². The first-order valence-electron chi connectivity index (χ1n) is 5.85. The maximum atomic E-state index is 12.0. The van der Waals surface area contributed by atoms with Crippen LogP contribution in [-0.4, -0.2) is 10.8 Å². The van der Waals surface area contributed by atoms with Crippen LogP contribution >= 0.6 is 23.2 Å². The Hall–Kier alpha value is -2.05. The van der Waals surface area contributed by atoms with Crippen LogP contribution in [0.3, 0.4) is 0 Å². The highest BCUT2D eigenvalue weighted by Gasteiger charge is 2.20. The Bertz CT molecular complexity index is 712. The van der Waals surface area contributed by atoms with E-state index in [2.05, 4.69) is 5.32 Å². The van der Waals surface area contributed by atoms with E-state index in [4.69, 9.17) is 27.6 Å². The predicted octanol–water partition coefficient (Wildman–Crippen LogP) is 3.73. The molecule has 1 aromatic carbocycles. The van der Waals surface area contributed by atoms with Crippen molar-refractivity contribution in [3.05, 3.63) is 61.5 Å². The number of hydrogen-bond acceptors (Lipinski definition) is 4. The third kappa shape index (κ3) is 3.53. The summed E-state index contributed by atoms with van der Waals surface area (Å²) in [4.78, 5) is 22.1. The topological polar surface area (TPSA) is 85.4 Å². The maximum absolute atomic E-state index is 12.0. The van der Waals surface area contributed by atoms with E-state index >= 15 is 0 Å². The molecule has 0 spiro atoms. The van der Waals surface area contributed by atoms with Crippen molar-refractivity contribution in [3.63, 3.8) is 0 Å². The van der Waals surface area contributed by atoms with Gasteiger partial charge < -0.3 is 9.73 Å². The molecule has 0 aliphatic carbocycles. The molecule has 0 fully saturated rings. The second-order valence-corrected chi connectivity index (χ2v) is 5.03. The Morgan fingerprint density at radius 2 is 2.10 bits per heavy atom. The molecule has 0 aliphatic rings. The molecule has 0 radical (unpaired) electrons. The number of nitrogens with zero attached hydrogens (tertiary/aromatic N) is 1. The van der Waals surface area contributed by atoms with Crippen LogP contribution in [0.1, 0.15) is 21.9 Å². The van der Waals surface area contributed by atoms with Gasteiger partial charge in [0, 0.05) is 11.6 Å². The molecule has 0 saturated carbocycles. The summed E-state index contributed by atoms with van der Waals surface area (Å²) in [6.07, 6.45) is 0. The summed E-state index contributed by atoms with van der Waals surface area (Å²) in [6, 6.07) is 5.86. The number of furan rings is 1. The molecule has 1 N–H and O–H groups in total. The first kappa shape index (κ1) is 15.3. The minimum Gasteiger partial charge on any atom is -0.465 e. The van der Waals surface area contributed by atoms with Gasteiger partial charge >= 0.3 is 0 Å². The van der Waals surface area contributed by atoms with Crippen LogP contribution in [0.5, 0.6) is 0 Å². The van der Waals surface area contributed by atoms with E-state index in [9.17, 15) is 14.9 Å². The Balaban J connectivity index is 2.17. The molecular weight excluding hydrogens is 319 g/mol. The average Bonchev–Trinajstić information content (AvgIpc) is 2.84. The molecule has 1 heterocycles. The van der Waals surface area contributed by atoms with Crippen LogP contribution < -0.4 is 5.32 Å². The largest absolute Gasteiger partial charge is 0.465 e. The van der Waals surface area contributed by atoms with Crippen molar-refractivity contribution in [1.82, 2.24) is 5.32 Å². The summed E-state index contributed by atoms with van der Waals surface area (Å²) in [5, 5.41) is 13.2. The van der Waals surface area contributed by atoms with Gasteiger partial charge in [-0.15, -0.1) is 0 Å². The molecule has 6 nitrogen and oxygen atoms in total. The lowest BCUT2D eigenvalue weighted by Gasteiger charge is -2.05. The standard InChI is InChI=1S/C13H10Cl2N2O4/c1-7-2-3-9(21-7)6-16-13(18)8-4-10(14)12(15)11(5-8)17(19)20/h2-5H,6H2,1H3,(H,16,18). The molecule has 110 valence electrons. The summed E-state index contributed by atoms with van der Waals surface area (Å²) in [6.45, 7) is 1.95. The molecule has 1 amide bonds. The lowest BCUT2D eigenvalue weighted by Crippen LogP contribution is -2.22. The number of amides is 1. The second-order valence-electron chi connectivity index (χ2n) is 4.24. The first-order chi connectivity index (χ1) is 9.88. The molecule has 0 bridgehead atoms. The number of nitro groups is 1. The molecule has 0 atom stereocenters.